The van der Waals surface area contributed by atoms with Gasteiger partial charge in [0.15, 0.2) is 0 Å². The smallest absolute Gasteiger partial charge is 0.410 e. The van der Waals surface area contributed by atoms with Crippen LogP contribution in [0.2, 0.25) is 0 Å². The molecule has 26 heavy (non-hydrogen) atoms. The molecule has 150 valence electrons. The standard InChI is InChI=1S/C18H32N2O6/c1-6-11-25-17(24)20(13-15(21)22)12-14(2)9-7-8-10-19-16(23)26-18(3,4)5/h6,14H,1,7-13H2,2-5H3,(H,19,23)(H,21,22)/t14-/m0/s1. The third-order valence-corrected chi connectivity index (χ3v) is 3.23. The summed E-state index contributed by atoms with van der Waals surface area (Å²) < 4.78 is 10.1. The van der Waals surface area contributed by atoms with Crippen molar-refractivity contribution in [3.63, 3.8) is 0 Å². The van der Waals surface area contributed by atoms with Crippen molar-refractivity contribution in [2.75, 3.05) is 26.2 Å². The van der Waals surface area contributed by atoms with Crippen molar-refractivity contribution >= 4 is 18.2 Å². The van der Waals surface area contributed by atoms with Crippen LogP contribution in [0.15, 0.2) is 12.7 Å². The van der Waals surface area contributed by atoms with Crippen LogP contribution >= 0.6 is 0 Å². The summed E-state index contributed by atoms with van der Waals surface area (Å²) in [5.74, 6) is -0.985. The molecule has 0 saturated carbocycles. The minimum absolute atomic E-state index is 0.0413. The van der Waals surface area contributed by atoms with Gasteiger partial charge in [-0.2, -0.15) is 0 Å². The predicted octanol–water partition coefficient (Wildman–Crippen LogP) is 3.03. The minimum Gasteiger partial charge on any atom is -0.480 e. The Balaban J connectivity index is 4.13. The van der Waals surface area contributed by atoms with Gasteiger partial charge in [0, 0.05) is 13.1 Å². The average Bonchev–Trinajstić information content (AvgIpc) is 2.49. The molecular weight excluding hydrogens is 340 g/mol. The molecule has 0 fully saturated rings. The first-order valence-corrected chi connectivity index (χ1v) is 8.76. The summed E-state index contributed by atoms with van der Waals surface area (Å²) in [6, 6.07) is 0. The minimum atomic E-state index is -1.09. The third kappa shape index (κ3) is 13.1. The molecule has 0 aromatic carbocycles. The fourth-order valence-corrected chi connectivity index (χ4v) is 2.18. The number of carboxylic acids is 1. The van der Waals surface area contributed by atoms with Crippen LogP contribution in [0.3, 0.4) is 0 Å². The topological polar surface area (TPSA) is 105 Å². The maximum atomic E-state index is 11.9. The lowest BCUT2D eigenvalue weighted by Crippen LogP contribution is -2.39. The largest absolute Gasteiger partial charge is 0.480 e. The van der Waals surface area contributed by atoms with E-state index in [0.717, 1.165) is 19.3 Å². The number of unbranched alkanes of at least 4 members (excludes halogenated alkanes) is 1. The highest BCUT2D eigenvalue weighted by Gasteiger charge is 2.20. The molecule has 0 bridgehead atoms. The molecule has 0 radical (unpaired) electrons. The molecule has 0 rings (SSSR count). The molecule has 1 atom stereocenters. The second-order valence-corrected chi connectivity index (χ2v) is 7.17. The average molecular weight is 372 g/mol. The molecule has 0 aliphatic heterocycles. The molecule has 0 heterocycles. The van der Waals surface area contributed by atoms with Crippen molar-refractivity contribution in [2.24, 2.45) is 5.92 Å². The normalized spacial score (nSPS) is 12.0. The summed E-state index contributed by atoms with van der Waals surface area (Å²) in [6.45, 7) is 11.2. The van der Waals surface area contributed by atoms with Crippen LogP contribution in [-0.4, -0.2) is 60.0 Å². The molecule has 0 saturated heterocycles. The molecule has 8 nitrogen and oxygen atoms in total. The van der Waals surface area contributed by atoms with Crippen molar-refractivity contribution < 1.29 is 29.0 Å². The number of hydrogen-bond acceptors (Lipinski definition) is 5. The van der Waals surface area contributed by atoms with Crippen LogP contribution in [0.1, 0.15) is 47.0 Å². The van der Waals surface area contributed by atoms with E-state index < -0.39 is 30.3 Å². The lowest BCUT2D eigenvalue weighted by Gasteiger charge is -2.23. The Bertz CT molecular complexity index is 473. The lowest BCUT2D eigenvalue weighted by molar-refractivity contribution is -0.138. The lowest BCUT2D eigenvalue weighted by atomic mass is 10.0. The first kappa shape index (κ1) is 23.8. The van der Waals surface area contributed by atoms with Gasteiger partial charge in [-0.1, -0.05) is 26.0 Å². The van der Waals surface area contributed by atoms with E-state index in [1.54, 1.807) is 20.8 Å². The predicted molar refractivity (Wildman–Crippen MR) is 98.0 cm³/mol. The summed E-state index contributed by atoms with van der Waals surface area (Å²) in [4.78, 5) is 35.5. The highest BCUT2D eigenvalue weighted by molar-refractivity contribution is 5.76. The van der Waals surface area contributed by atoms with Crippen molar-refractivity contribution in [1.29, 1.82) is 0 Å². The Morgan fingerprint density at radius 3 is 2.46 bits per heavy atom. The van der Waals surface area contributed by atoms with Crippen LogP contribution in [0.5, 0.6) is 0 Å². The van der Waals surface area contributed by atoms with Gasteiger partial charge in [-0.15, -0.1) is 0 Å². The molecule has 0 spiro atoms. The van der Waals surface area contributed by atoms with Gasteiger partial charge in [-0.25, -0.2) is 9.59 Å². The summed E-state index contributed by atoms with van der Waals surface area (Å²) >= 11 is 0. The second-order valence-electron chi connectivity index (χ2n) is 7.17. The molecule has 0 aromatic heterocycles. The maximum Gasteiger partial charge on any atom is 0.410 e. The van der Waals surface area contributed by atoms with Gasteiger partial charge in [-0.3, -0.25) is 9.69 Å². The quantitative estimate of drug-likeness (QED) is 0.427. The zero-order valence-electron chi connectivity index (χ0n) is 16.2. The fraction of sp³-hybridized carbons (Fsp3) is 0.722. The van der Waals surface area contributed by atoms with E-state index >= 15 is 0 Å². The first-order chi connectivity index (χ1) is 12.0. The highest BCUT2D eigenvalue weighted by Crippen LogP contribution is 2.11. The van der Waals surface area contributed by atoms with E-state index in [0.29, 0.717) is 13.1 Å². The Kier molecular flexibility index (Phi) is 11.1. The first-order valence-electron chi connectivity index (χ1n) is 8.76. The van der Waals surface area contributed by atoms with E-state index in [1.165, 1.54) is 11.0 Å². The Hall–Kier alpha value is -2.25. The SMILES string of the molecule is C=CCOC(=O)N(CC(=O)O)C[C@@H](C)CCCCNC(=O)OC(C)(C)C. The zero-order valence-corrected chi connectivity index (χ0v) is 16.2. The monoisotopic (exact) mass is 372 g/mol. The van der Waals surface area contributed by atoms with Crippen LogP contribution in [0.4, 0.5) is 9.59 Å². The summed E-state index contributed by atoms with van der Waals surface area (Å²) in [7, 11) is 0. The Morgan fingerprint density at radius 1 is 1.27 bits per heavy atom. The molecule has 0 aromatic rings. The number of nitrogens with one attached hydrogen (secondary N) is 1. The maximum absolute atomic E-state index is 11.9. The third-order valence-electron chi connectivity index (χ3n) is 3.23. The van der Waals surface area contributed by atoms with Gasteiger partial charge in [0.05, 0.1) is 0 Å². The molecule has 0 aliphatic carbocycles. The van der Waals surface area contributed by atoms with E-state index in [2.05, 4.69) is 11.9 Å². The number of aliphatic carboxylic acids is 1. The van der Waals surface area contributed by atoms with Gasteiger partial charge in [0.25, 0.3) is 0 Å². The number of carboxylic acid groups (broad SMARTS) is 1. The van der Waals surface area contributed by atoms with E-state index in [-0.39, 0.29) is 12.5 Å². The van der Waals surface area contributed by atoms with Crippen molar-refractivity contribution in [3.8, 4) is 0 Å². The Labute approximate surface area is 155 Å². The van der Waals surface area contributed by atoms with Gasteiger partial charge in [0.2, 0.25) is 0 Å². The molecule has 0 unspecified atom stereocenters. The molecule has 2 N–H and O–H groups in total. The van der Waals surface area contributed by atoms with E-state index in [1.807, 2.05) is 6.92 Å². The van der Waals surface area contributed by atoms with Gasteiger partial charge >= 0.3 is 18.2 Å². The van der Waals surface area contributed by atoms with Crippen LogP contribution in [-0.2, 0) is 14.3 Å². The number of alkyl carbamates (subject to hydrolysis) is 1. The summed E-state index contributed by atoms with van der Waals surface area (Å²) in [5, 5.41) is 11.6. The number of carbonyl (C=O) groups excluding carboxylic acids is 2. The number of amides is 2. The van der Waals surface area contributed by atoms with Crippen molar-refractivity contribution in [2.45, 2.75) is 52.6 Å². The van der Waals surface area contributed by atoms with Crippen molar-refractivity contribution in [3.05, 3.63) is 12.7 Å². The van der Waals surface area contributed by atoms with Crippen molar-refractivity contribution in [1.82, 2.24) is 10.2 Å². The summed E-state index contributed by atoms with van der Waals surface area (Å²) in [5.41, 5.74) is -0.521. The van der Waals surface area contributed by atoms with Crippen LogP contribution < -0.4 is 5.32 Å². The number of hydrogen-bond donors (Lipinski definition) is 2. The highest BCUT2D eigenvalue weighted by atomic mass is 16.6. The molecule has 8 heteroatoms. The molecule has 2 amide bonds. The van der Waals surface area contributed by atoms with Crippen LogP contribution in [0.25, 0.3) is 0 Å². The molecule has 0 aliphatic rings. The number of nitrogens with zero attached hydrogens (tertiary/aromatic N) is 1. The zero-order chi connectivity index (χ0) is 20.2. The van der Waals surface area contributed by atoms with E-state index in [4.69, 9.17) is 14.6 Å². The van der Waals surface area contributed by atoms with E-state index in [9.17, 15) is 14.4 Å². The van der Waals surface area contributed by atoms with Gasteiger partial charge < -0.3 is 19.9 Å². The summed E-state index contributed by atoms with van der Waals surface area (Å²) in [6.07, 6.45) is 2.72. The number of rotatable bonds is 11. The molecular formula is C18H32N2O6. The number of ether oxygens (including phenoxy) is 2. The number of carbonyl (C=O) groups is 3. The Morgan fingerprint density at radius 2 is 1.92 bits per heavy atom. The van der Waals surface area contributed by atoms with Crippen LogP contribution in [0, 0.1) is 5.92 Å². The fourth-order valence-electron chi connectivity index (χ4n) is 2.18. The second kappa shape index (κ2) is 12.2. The van der Waals surface area contributed by atoms with Gasteiger partial charge in [-0.05, 0) is 39.5 Å². The van der Waals surface area contributed by atoms with Gasteiger partial charge in [0.1, 0.15) is 18.8 Å².